The van der Waals surface area contributed by atoms with Gasteiger partial charge in [-0.05, 0) is 43.0 Å². The first-order valence-corrected chi connectivity index (χ1v) is 7.52. The van der Waals surface area contributed by atoms with Crippen LogP contribution in [0.3, 0.4) is 0 Å². The quantitative estimate of drug-likeness (QED) is 0.897. The fourth-order valence-electron chi connectivity index (χ4n) is 1.92. The topological polar surface area (TPSA) is 55.4 Å². The van der Waals surface area contributed by atoms with Gasteiger partial charge in [-0.3, -0.25) is 4.72 Å². The molecule has 1 N–H and O–H groups in total. The van der Waals surface area contributed by atoms with E-state index in [0.29, 0.717) is 12.1 Å². The Morgan fingerprint density at radius 3 is 3.00 bits per heavy atom. The molecule has 1 heterocycles. The minimum atomic E-state index is -3.20. The number of rotatable bonds is 4. The molecule has 5 heteroatoms. The predicted octanol–water partition coefficient (Wildman–Crippen LogP) is 2.16. The van der Waals surface area contributed by atoms with E-state index in [0.717, 1.165) is 30.8 Å². The first kappa shape index (κ1) is 12.2. The van der Waals surface area contributed by atoms with Crippen molar-refractivity contribution >= 4 is 15.7 Å². The number of hydrogen-bond acceptors (Lipinski definition) is 3. The molecule has 2 rings (SSSR count). The van der Waals surface area contributed by atoms with E-state index < -0.39 is 10.0 Å². The molecule has 17 heavy (non-hydrogen) atoms. The van der Waals surface area contributed by atoms with E-state index in [-0.39, 0.29) is 5.75 Å². The lowest BCUT2D eigenvalue weighted by Crippen LogP contribution is -2.16. The predicted molar refractivity (Wildman–Crippen MR) is 68.0 cm³/mol. The third kappa shape index (κ3) is 3.12. The van der Waals surface area contributed by atoms with E-state index in [4.69, 9.17) is 4.74 Å². The third-order valence-electron chi connectivity index (χ3n) is 2.65. The zero-order valence-electron chi connectivity index (χ0n) is 9.90. The van der Waals surface area contributed by atoms with Crippen LogP contribution in [0.2, 0.25) is 0 Å². The number of fused-ring (bicyclic) bond motifs is 1. The zero-order chi connectivity index (χ0) is 12.3. The molecule has 0 radical (unpaired) electrons. The number of anilines is 1. The van der Waals surface area contributed by atoms with Crippen molar-refractivity contribution in [3.05, 3.63) is 23.8 Å². The summed E-state index contributed by atoms with van der Waals surface area (Å²) in [7, 11) is -3.20. The van der Waals surface area contributed by atoms with E-state index >= 15 is 0 Å². The molecule has 0 aliphatic carbocycles. The number of sulfonamides is 1. The van der Waals surface area contributed by atoms with Crippen LogP contribution in [0.5, 0.6) is 5.75 Å². The highest BCUT2D eigenvalue weighted by Gasteiger charge is 2.13. The maximum atomic E-state index is 11.6. The monoisotopic (exact) mass is 255 g/mol. The number of nitrogens with one attached hydrogen (secondary N) is 1. The molecular weight excluding hydrogens is 238 g/mol. The first-order valence-electron chi connectivity index (χ1n) is 5.87. The summed E-state index contributed by atoms with van der Waals surface area (Å²) in [5, 5.41) is 0. The maximum absolute atomic E-state index is 11.6. The molecule has 0 spiro atoms. The molecule has 0 saturated carbocycles. The second-order valence-corrected chi connectivity index (χ2v) is 6.04. The van der Waals surface area contributed by atoms with Gasteiger partial charge in [-0.25, -0.2) is 8.42 Å². The minimum Gasteiger partial charge on any atom is -0.493 e. The van der Waals surface area contributed by atoms with Crippen LogP contribution in [-0.2, 0) is 16.4 Å². The molecule has 0 saturated heterocycles. The van der Waals surface area contributed by atoms with Crippen molar-refractivity contribution in [3.8, 4) is 5.75 Å². The van der Waals surface area contributed by atoms with Crippen LogP contribution >= 0.6 is 0 Å². The third-order valence-corrected chi connectivity index (χ3v) is 4.15. The second kappa shape index (κ2) is 4.96. The van der Waals surface area contributed by atoms with Gasteiger partial charge in [0.2, 0.25) is 10.0 Å². The van der Waals surface area contributed by atoms with Crippen molar-refractivity contribution in [3.63, 3.8) is 0 Å². The molecule has 94 valence electrons. The van der Waals surface area contributed by atoms with Crippen molar-refractivity contribution in [2.45, 2.75) is 26.2 Å². The molecule has 0 amide bonds. The Morgan fingerprint density at radius 1 is 1.41 bits per heavy atom. The highest BCUT2D eigenvalue weighted by Crippen LogP contribution is 2.27. The van der Waals surface area contributed by atoms with Crippen LogP contribution in [0.25, 0.3) is 0 Å². The summed E-state index contributed by atoms with van der Waals surface area (Å²) < 4.78 is 31.3. The van der Waals surface area contributed by atoms with E-state index in [1.165, 1.54) is 0 Å². The lowest BCUT2D eigenvalue weighted by atomic mass is 10.1. The minimum absolute atomic E-state index is 0.153. The smallest absolute Gasteiger partial charge is 0.232 e. The van der Waals surface area contributed by atoms with Gasteiger partial charge in [0.15, 0.2) is 0 Å². The number of ether oxygens (including phenoxy) is 1. The maximum Gasteiger partial charge on any atom is 0.232 e. The lowest BCUT2D eigenvalue weighted by molar-refractivity contribution is 0.288. The Morgan fingerprint density at radius 2 is 2.24 bits per heavy atom. The van der Waals surface area contributed by atoms with Gasteiger partial charge in [0.25, 0.3) is 0 Å². The molecule has 0 bridgehead atoms. The SMILES string of the molecule is CCCS(=O)(=O)Nc1ccc2c(c1)CCCO2. The average Bonchev–Trinajstić information content (AvgIpc) is 2.28. The van der Waals surface area contributed by atoms with Gasteiger partial charge in [-0.2, -0.15) is 0 Å². The Bertz CT molecular complexity index is 496. The van der Waals surface area contributed by atoms with Crippen LogP contribution in [0, 0.1) is 0 Å². The average molecular weight is 255 g/mol. The lowest BCUT2D eigenvalue weighted by Gasteiger charge is -2.18. The van der Waals surface area contributed by atoms with Crippen LogP contribution in [0.1, 0.15) is 25.3 Å². The van der Waals surface area contributed by atoms with Crippen molar-refractivity contribution in [2.24, 2.45) is 0 Å². The highest BCUT2D eigenvalue weighted by atomic mass is 32.2. The van der Waals surface area contributed by atoms with Gasteiger partial charge in [-0.1, -0.05) is 6.92 Å². The Kier molecular flexibility index (Phi) is 3.57. The fourth-order valence-corrected chi connectivity index (χ4v) is 3.05. The van der Waals surface area contributed by atoms with E-state index in [1.54, 1.807) is 6.07 Å². The van der Waals surface area contributed by atoms with Gasteiger partial charge in [0, 0.05) is 5.69 Å². The highest BCUT2D eigenvalue weighted by molar-refractivity contribution is 7.92. The Balaban J connectivity index is 2.17. The van der Waals surface area contributed by atoms with E-state index in [9.17, 15) is 8.42 Å². The van der Waals surface area contributed by atoms with Gasteiger partial charge in [0.05, 0.1) is 12.4 Å². The van der Waals surface area contributed by atoms with E-state index in [2.05, 4.69) is 4.72 Å². The van der Waals surface area contributed by atoms with Crippen LogP contribution in [0.15, 0.2) is 18.2 Å². The van der Waals surface area contributed by atoms with E-state index in [1.807, 2.05) is 19.1 Å². The summed E-state index contributed by atoms with van der Waals surface area (Å²) in [5.74, 6) is 1.02. The largest absolute Gasteiger partial charge is 0.493 e. The molecule has 0 fully saturated rings. The molecule has 1 aromatic rings. The summed E-state index contributed by atoms with van der Waals surface area (Å²) in [6, 6.07) is 5.44. The number of hydrogen-bond donors (Lipinski definition) is 1. The number of aryl methyl sites for hydroxylation is 1. The van der Waals surface area contributed by atoms with Crippen molar-refractivity contribution in [1.29, 1.82) is 0 Å². The molecule has 0 atom stereocenters. The normalized spacial score (nSPS) is 14.9. The Labute approximate surface area is 102 Å². The van der Waals surface area contributed by atoms with Gasteiger partial charge < -0.3 is 4.74 Å². The van der Waals surface area contributed by atoms with Crippen LogP contribution in [0.4, 0.5) is 5.69 Å². The Hall–Kier alpha value is -1.23. The summed E-state index contributed by atoms with van der Waals surface area (Å²) >= 11 is 0. The first-order chi connectivity index (χ1) is 8.11. The molecular formula is C12H17NO3S. The summed E-state index contributed by atoms with van der Waals surface area (Å²) in [5.41, 5.74) is 1.70. The molecule has 0 unspecified atom stereocenters. The van der Waals surface area contributed by atoms with Crippen LogP contribution < -0.4 is 9.46 Å². The number of benzene rings is 1. The van der Waals surface area contributed by atoms with Crippen molar-refractivity contribution in [1.82, 2.24) is 0 Å². The van der Waals surface area contributed by atoms with Gasteiger partial charge in [0.1, 0.15) is 5.75 Å². The summed E-state index contributed by atoms with van der Waals surface area (Å²) in [4.78, 5) is 0. The van der Waals surface area contributed by atoms with Crippen molar-refractivity contribution in [2.75, 3.05) is 17.1 Å². The summed E-state index contributed by atoms with van der Waals surface area (Å²) in [6.45, 7) is 2.59. The molecule has 0 aromatic heterocycles. The van der Waals surface area contributed by atoms with Crippen molar-refractivity contribution < 1.29 is 13.2 Å². The molecule has 1 aliphatic heterocycles. The van der Waals surface area contributed by atoms with Crippen LogP contribution in [-0.4, -0.2) is 20.8 Å². The van der Waals surface area contributed by atoms with Gasteiger partial charge in [-0.15, -0.1) is 0 Å². The zero-order valence-corrected chi connectivity index (χ0v) is 10.7. The molecule has 1 aromatic carbocycles. The molecule has 1 aliphatic rings. The molecule has 4 nitrogen and oxygen atoms in total. The standard InChI is InChI=1S/C12H17NO3S/c1-2-8-17(14,15)13-11-5-6-12-10(9-11)4-3-7-16-12/h5-6,9,13H,2-4,7-8H2,1H3. The fraction of sp³-hybridized carbons (Fsp3) is 0.500. The summed E-state index contributed by atoms with van der Waals surface area (Å²) in [6.07, 6.45) is 2.54. The second-order valence-electron chi connectivity index (χ2n) is 4.20. The van der Waals surface area contributed by atoms with Gasteiger partial charge >= 0.3 is 0 Å².